The highest BCUT2D eigenvalue weighted by Crippen LogP contribution is 2.25. The Hall–Kier alpha value is -2.52. The van der Waals surface area contributed by atoms with E-state index in [1.54, 1.807) is 0 Å². The van der Waals surface area contributed by atoms with Crippen molar-refractivity contribution in [3.05, 3.63) is 64.4 Å². The maximum Gasteiger partial charge on any atom is 0.237 e. The fraction of sp³-hybridized carbons (Fsp3) is 0.400. The normalized spacial score (nSPS) is 18.1. The van der Waals surface area contributed by atoms with Crippen LogP contribution >= 0.6 is 23.8 Å². The fourth-order valence-electron chi connectivity index (χ4n) is 4.29. The van der Waals surface area contributed by atoms with Crippen LogP contribution < -0.4 is 5.32 Å². The SMILES string of the molecule is CC(C(=O)NC1CC1)N1CCN(Cn2nc(-c3ccc(Cl)cc3)n(-c3ccccc3)c2=S)CC1. The van der Waals surface area contributed by atoms with Crippen molar-refractivity contribution < 1.29 is 4.79 Å². The maximum atomic E-state index is 12.4. The minimum absolute atomic E-state index is 0.0984. The van der Waals surface area contributed by atoms with Gasteiger partial charge in [-0.15, -0.1) is 5.10 Å². The second kappa shape index (κ2) is 10.00. The first-order valence-electron chi connectivity index (χ1n) is 11.8. The molecule has 1 saturated carbocycles. The van der Waals surface area contributed by atoms with Crippen molar-refractivity contribution in [3.63, 3.8) is 0 Å². The van der Waals surface area contributed by atoms with Gasteiger partial charge in [0, 0.05) is 48.5 Å². The Morgan fingerprint density at radius 1 is 1.09 bits per heavy atom. The van der Waals surface area contributed by atoms with Crippen LogP contribution in [0, 0.1) is 4.77 Å². The summed E-state index contributed by atoms with van der Waals surface area (Å²) in [6.07, 6.45) is 2.22. The molecule has 1 unspecified atom stereocenters. The van der Waals surface area contributed by atoms with Crippen molar-refractivity contribution in [2.45, 2.75) is 38.5 Å². The van der Waals surface area contributed by atoms with Crippen molar-refractivity contribution in [2.75, 3.05) is 26.2 Å². The van der Waals surface area contributed by atoms with Gasteiger partial charge in [-0.2, -0.15) is 0 Å². The number of nitrogens with zero attached hydrogens (tertiary/aromatic N) is 5. The number of amides is 1. The number of piperazine rings is 1. The Labute approximate surface area is 209 Å². The summed E-state index contributed by atoms with van der Waals surface area (Å²) in [4.78, 5) is 17.0. The molecule has 2 aliphatic rings. The molecule has 178 valence electrons. The van der Waals surface area contributed by atoms with E-state index in [2.05, 4.69) is 15.1 Å². The van der Waals surface area contributed by atoms with Crippen LogP contribution in [0.4, 0.5) is 0 Å². The summed E-state index contributed by atoms with van der Waals surface area (Å²) < 4.78 is 4.56. The van der Waals surface area contributed by atoms with Crippen LogP contribution in [0.1, 0.15) is 19.8 Å². The van der Waals surface area contributed by atoms with E-state index in [4.69, 9.17) is 28.9 Å². The van der Waals surface area contributed by atoms with Crippen LogP contribution in [-0.2, 0) is 11.5 Å². The minimum atomic E-state index is -0.0984. The third-order valence-corrected chi connectivity index (χ3v) is 7.19. The molecule has 1 N–H and O–H groups in total. The molecule has 34 heavy (non-hydrogen) atoms. The zero-order chi connectivity index (χ0) is 23.7. The Morgan fingerprint density at radius 2 is 1.76 bits per heavy atom. The number of hydrogen-bond acceptors (Lipinski definition) is 5. The molecule has 2 heterocycles. The van der Waals surface area contributed by atoms with Gasteiger partial charge in [0.2, 0.25) is 10.7 Å². The van der Waals surface area contributed by atoms with E-state index in [0.717, 1.165) is 56.1 Å². The first kappa shape index (κ1) is 23.2. The highest BCUT2D eigenvalue weighted by Gasteiger charge is 2.30. The zero-order valence-corrected chi connectivity index (χ0v) is 20.8. The number of carbonyl (C=O) groups excluding carboxylic acids is 1. The highest BCUT2D eigenvalue weighted by atomic mass is 35.5. The summed E-state index contributed by atoms with van der Waals surface area (Å²) in [5.41, 5.74) is 1.93. The van der Waals surface area contributed by atoms with Crippen LogP contribution in [0.15, 0.2) is 54.6 Å². The molecule has 2 aromatic carbocycles. The van der Waals surface area contributed by atoms with E-state index in [9.17, 15) is 4.79 Å². The standard InChI is InChI=1S/C25H29ClN6OS/c1-18(24(33)27-21-11-12-21)30-15-13-29(14-16-30)17-31-25(34)32(22-5-3-2-4-6-22)23(28-31)19-7-9-20(26)10-8-19/h2-10,18,21H,11-17H2,1H3,(H,27,33). The van der Waals surface area contributed by atoms with E-state index in [-0.39, 0.29) is 11.9 Å². The molecule has 9 heteroatoms. The number of benzene rings is 2. The van der Waals surface area contributed by atoms with Gasteiger partial charge >= 0.3 is 0 Å². The summed E-state index contributed by atoms with van der Waals surface area (Å²) in [6, 6.07) is 18.0. The molecule has 0 bridgehead atoms. The molecule has 1 aromatic heterocycles. The van der Waals surface area contributed by atoms with E-state index in [0.29, 0.717) is 22.5 Å². The predicted octanol–water partition coefficient (Wildman–Crippen LogP) is 3.97. The van der Waals surface area contributed by atoms with Crippen molar-refractivity contribution in [1.29, 1.82) is 0 Å². The first-order chi connectivity index (χ1) is 16.5. The van der Waals surface area contributed by atoms with Gasteiger partial charge in [0.25, 0.3) is 0 Å². The largest absolute Gasteiger partial charge is 0.352 e. The number of aromatic nitrogens is 3. The molecule has 7 nitrogen and oxygen atoms in total. The average Bonchev–Trinajstić information content (AvgIpc) is 3.62. The highest BCUT2D eigenvalue weighted by molar-refractivity contribution is 7.71. The molecule has 1 atom stereocenters. The van der Waals surface area contributed by atoms with E-state index >= 15 is 0 Å². The Kier molecular flexibility index (Phi) is 6.83. The van der Waals surface area contributed by atoms with E-state index in [1.165, 1.54) is 0 Å². The third-order valence-electron chi connectivity index (χ3n) is 6.55. The van der Waals surface area contributed by atoms with Gasteiger partial charge in [-0.25, -0.2) is 4.68 Å². The second-order valence-corrected chi connectivity index (χ2v) is 9.84. The van der Waals surface area contributed by atoms with E-state index < -0.39 is 0 Å². The van der Waals surface area contributed by atoms with Crippen molar-refractivity contribution in [3.8, 4) is 17.1 Å². The number of carbonyl (C=O) groups is 1. The lowest BCUT2D eigenvalue weighted by atomic mass is 10.2. The van der Waals surface area contributed by atoms with Crippen LogP contribution in [0.3, 0.4) is 0 Å². The molecule has 0 spiro atoms. The smallest absolute Gasteiger partial charge is 0.237 e. The number of hydrogen-bond donors (Lipinski definition) is 1. The van der Waals surface area contributed by atoms with E-state index in [1.807, 2.05) is 70.8 Å². The summed E-state index contributed by atoms with van der Waals surface area (Å²) in [5, 5.41) is 8.72. The van der Waals surface area contributed by atoms with Crippen LogP contribution in [0.5, 0.6) is 0 Å². The molecule has 5 rings (SSSR count). The van der Waals surface area contributed by atoms with Crippen molar-refractivity contribution >= 4 is 29.7 Å². The lowest BCUT2D eigenvalue weighted by Crippen LogP contribution is -2.54. The maximum absolute atomic E-state index is 12.4. The van der Waals surface area contributed by atoms with Crippen LogP contribution in [0.25, 0.3) is 17.1 Å². The molecular formula is C25H29ClN6OS. The topological polar surface area (TPSA) is 58.3 Å². The third kappa shape index (κ3) is 5.10. The Morgan fingerprint density at radius 3 is 2.41 bits per heavy atom. The fourth-order valence-corrected chi connectivity index (χ4v) is 4.71. The predicted molar refractivity (Wildman–Crippen MR) is 137 cm³/mol. The molecule has 2 fully saturated rings. The van der Waals surface area contributed by atoms with Gasteiger partial charge in [0.05, 0.1) is 12.7 Å². The van der Waals surface area contributed by atoms with Crippen molar-refractivity contribution in [2.24, 2.45) is 0 Å². The van der Waals surface area contributed by atoms with Gasteiger partial charge in [-0.05, 0) is 68.4 Å². The summed E-state index contributed by atoms with van der Waals surface area (Å²) >= 11 is 12.0. The Bertz CT molecular complexity index is 1200. The van der Waals surface area contributed by atoms with Gasteiger partial charge in [0.1, 0.15) is 0 Å². The average molecular weight is 497 g/mol. The molecule has 1 aliphatic heterocycles. The van der Waals surface area contributed by atoms with Gasteiger partial charge in [0.15, 0.2) is 5.82 Å². The van der Waals surface area contributed by atoms with Gasteiger partial charge in [-0.1, -0.05) is 29.8 Å². The van der Waals surface area contributed by atoms with Gasteiger partial charge < -0.3 is 5.32 Å². The van der Waals surface area contributed by atoms with Crippen LogP contribution in [-0.4, -0.2) is 68.3 Å². The van der Waals surface area contributed by atoms with Crippen LogP contribution in [0.2, 0.25) is 5.02 Å². The molecule has 1 saturated heterocycles. The Balaban J connectivity index is 1.33. The quantitative estimate of drug-likeness (QED) is 0.502. The summed E-state index contributed by atoms with van der Waals surface area (Å²) in [7, 11) is 0. The van der Waals surface area contributed by atoms with Gasteiger partial charge in [-0.3, -0.25) is 19.2 Å². The molecular weight excluding hydrogens is 468 g/mol. The summed E-state index contributed by atoms with van der Waals surface area (Å²) in [6.45, 7) is 6.01. The number of halogens is 1. The first-order valence-corrected chi connectivity index (χ1v) is 12.6. The molecule has 1 amide bonds. The lowest BCUT2D eigenvalue weighted by Gasteiger charge is -2.37. The molecule has 0 radical (unpaired) electrons. The minimum Gasteiger partial charge on any atom is -0.352 e. The molecule has 3 aromatic rings. The number of nitrogens with one attached hydrogen (secondary N) is 1. The number of rotatable bonds is 7. The monoisotopic (exact) mass is 496 g/mol. The zero-order valence-electron chi connectivity index (χ0n) is 19.2. The number of para-hydroxylation sites is 1. The van der Waals surface area contributed by atoms with Crippen molar-refractivity contribution in [1.82, 2.24) is 29.5 Å². The lowest BCUT2D eigenvalue weighted by molar-refractivity contribution is -0.126. The molecule has 1 aliphatic carbocycles. The summed E-state index contributed by atoms with van der Waals surface area (Å²) in [5.74, 6) is 0.934. The second-order valence-electron chi connectivity index (χ2n) is 9.04.